The van der Waals surface area contributed by atoms with Crippen molar-refractivity contribution in [1.82, 2.24) is 14.5 Å². The molecule has 0 amide bonds. The molecule has 1 aliphatic heterocycles. The molecule has 0 N–H and O–H groups in total. The average molecular weight is 165 g/mol. The third-order valence-corrected chi connectivity index (χ3v) is 2.59. The lowest BCUT2D eigenvalue weighted by Crippen LogP contribution is -2.30. The Labute approximate surface area is 73.0 Å². The first kappa shape index (κ1) is 7.80. The lowest BCUT2D eigenvalue weighted by Gasteiger charge is -2.25. The molecule has 2 heterocycles. The Morgan fingerprint density at radius 1 is 1.25 bits per heavy atom. The van der Waals surface area contributed by atoms with Crippen molar-refractivity contribution in [3.8, 4) is 0 Å². The van der Waals surface area contributed by atoms with Crippen molar-refractivity contribution in [2.24, 2.45) is 0 Å². The molecule has 1 aliphatic rings. The Morgan fingerprint density at radius 3 is 2.75 bits per heavy atom. The lowest BCUT2D eigenvalue weighted by atomic mass is 10.2. The highest BCUT2D eigenvalue weighted by Gasteiger charge is 2.17. The van der Waals surface area contributed by atoms with Crippen LogP contribution in [0.4, 0.5) is 0 Å². The van der Waals surface area contributed by atoms with Gasteiger partial charge < -0.3 is 4.57 Å². The molecule has 1 aromatic heterocycles. The molecule has 0 unspecified atom stereocenters. The maximum Gasteiger partial charge on any atom is 0.106 e. The topological polar surface area (TPSA) is 21.1 Å². The van der Waals surface area contributed by atoms with E-state index < -0.39 is 0 Å². The summed E-state index contributed by atoms with van der Waals surface area (Å²) in [6.07, 6.45) is 0. The predicted molar refractivity (Wildman–Crippen MR) is 48.0 cm³/mol. The number of hydrogen-bond donors (Lipinski definition) is 0. The van der Waals surface area contributed by atoms with Crippen LogP contribution < -0.4 is 0 Å². The van der Waals surface area contributed by atoms with Gasteiger partial charge in [-0.05, 0) is 20.9 Å². The van der Waals surface area contributed by atoms with Crippen molar-refractivity contribution in [3.05, 3.63) is 17.2 Å². The molecule has 0 bridgehead atoms. The zero-order valence-corrected chi connectivity index (χ0v) is 7.96. The zero-order valence-electron chi connectivity index (χ0n) is 7.96. The van der Waals surface area contributed by atoms with Gasteiger partial charge in [0.2, 0.25) is 0 Å². The number of rotatable bonds is 0. The molecule has 0 atom stereocenters. The van der Waals surface area contributed by atoms with Crippen LogP contribution in [0.5, 0.6) is 0 Å². The fourth-order valence-electron chi connectivity index (χ4n) is 1.86. The number of hydrogen-bond acceptors (Lipinski definition) is 2. The lowest BCUT2D eigenvalue weighted by molar-refractivity contribution is 0.267. The van der Waals surface area contributed by atoms with E-state index in [2.05, 4.69) is 35.3 Å². The van der Waals surface area contributed by atoms with E-state index in [9.17, 15) is 0 Å². The Bertz CT molecular complexity index is 301. The number of aryl methyl sites for hydroxylation is 2. The highest BCUT2D eigenvalue weighted by atomic mass is 15.2. The van der Waals surface area contributed by atoms with Gasteiger partial charge in [-0.1, -0.05) is 0 Å². The van der Waals surface area contributed by atoms with E-state index in [-0.39, 0.29) is 0 Å². The standard InChI is InChI=1S/C9H15N3/c1-7-9-6-11(3)4-5-12(9)8(2)10-7/h4-6H2,1-3H3. The molecular weight excluding hydrogens is 150 g/mol. The summed E-state index contributed by atoms with van der Waals surface area (Å²) in [6, 6.07) is 0. The maximum atomic E-state index is 4.46. The molecule has 12 heavy (non-hydrogen) atoms. The van der Waals surface area contributed by atoms with Crippen LogP contribution in [0, 0.1) is 13.8 Å². The molecular formula is C9H15N3. The largest absolute Gasteiger partial charge is 0.330 e. The van der Waals surface area contributed by atoms with Crippen LogP contribution in [0.15, 0.2) is 0 Å². The summed E-state index contributed by atoms with van der Waals surface area (Å²) >= 11 is 0. The third kappa shape index (κ3) is 1.05. The van der Waals surface area contributed by atoms with E-state index >= 15 is 0 Å². The van der Waals surface area contributed by atoms with Gasteiger partial charge in [-0.15, -0.1) is 0 Å². The molecule has 2 rings (SSSR count). The first-order valence-corrected chi connectivity index (χ1v) is 4.39. The van der Waals surface area contributed by atoms with Crippen LogP contribution in [0.2, 0.25) is 0 Å². The molecule has 3 heteroatoms. The van der Waals surface area contributed by atoms with Crippen LogP contribution in [0.25, 0.3) is 0 Å². The molecule has 0 fully saturated rings. The van der Waals surface area contributed by atoms with E-state index in [1.54, 1.807) is 0 Å². The summed E-state index contributed by atoms with van der Waals surface area (Å²) in [5, 5.41) is 0. The normalized spacial score (nSPS) is 17.9. The van der Waals surface area contributed by atoms with Crippen molar-refractivity contribution in [1.29, 1.82) is 0 Å². The molecule has 0 radical (unpaired) electrons. The van der Waals surface area contributed by atoms with Crippen molar-refractivity contribution < 1.29 is 0 Å². The summed E-state index contributed by atoms with van der Waals surface area (Å²) in [6.45, 7) is 7.47. The average Bonchev–Trinajstić information content (AvgIpc) is 2.28. The minimum Gasteiger partial charge on any atom is -0.330 e. The van der Waals surface area contributed by atoms with Crippen LogP contribution in [-0.4, -0.2) is 28.0 Å². The summed E-state index contributed by atoms with van der Waals surface area (Å²) in [5.74, 6) is 1.16. The first-order valence-electron chi connectivity index (χ1n) is 4.39. The van der Waals surface area contributed by atoms with Gasteiger partial charge in [0.25, 0.3) is 0 Å². The fraction of sp³-hybridized carbons (Fsp3) is 0.667. The zero-order chi connectivity index (χ0) is 8.72. The van der Waals surface area contributed by atoms with Crippen LogP contribution >= 0.6 is 0 Å². The molecule has 0 spiro atoms. The minimum absolute atomic E-state index is 1.05. The molecule has 1 aromatic rings. The maximum absolute atomic E-state index is 4.46. The number of fused-ring (bicyclic) bond motifs is 1. The van der Waals surface area contributed by atoms with Crippen LogP contribution in [-0.2, 0) is 13.1 Å². The third-order valence-electron chi connectivity index (χ3n) is 2.59. The van der Waals surface area contributed by atoms with Crippen molar-refractivity contribution >= 4 is 0 Å². The predicted octanol–water partition coefficient (Wildman–Crippen LogP) is 0.945. The number of nitrogens with zero attached hydrogens (tertiary/aromatic N) is 3. The van der Waals surface area contributed by atoms with Gasteiger partial charge in [0.05, 0.1) is 11.4 Å². The van der Waals surface area contributed by atoms with Crippen molar-refractivity contribution in [2.45, 2.75) is 26.9 Å². The van der Waals surface area contributed by atoms with Crippen LogP contribution in [0.1, 0.15) is 17.2 Å². The highest BCUT2D eigenvalue weighted by Crippen LogP contribution is 2.16. The Morgan fingerprint density at radius 2 is 2.00 bits per heavy atom. The number of aromatic nitrogens is 2. The number of imidazole rings is 1. The molecule has 0 saturated carbocycles. The molecule has 3 nitrogen and oxygen atoms in total. The molecule has 0 saturated heterocycles. The minimum atomic E-state index is 1.05. The van der Waals surface area contributed by atoms with Gasteiger partial charge in [0, 0.05) is 19.6 Å². The molecule has 0 aliphatic carbocycles. The fourth-order valence-corrected chi connectivity index (χ4v) is 1.86. The Kier molecular flexibility index (Phi) is 1.68. The Balaban J connectivity index is 2.45. The quantitative estimate of drug-likeness (QED) is 0.570. The van der Waals surface area contributed by atoms with E-state index in [1.165, 1.54) is 11.4 Å². The van der Waals surface area contributed by atoms with E-state index in [1.807, 2.05) is 0 Å². The van der Waals surface area contributed by atoms with E-state index in [0.717, 1.165) is 25.5 Å². The van der Waals surface area contributed by atoms with Gasteiger partial charge in [-0.25, -0.2) is 4.98 Å². The number of likely N-dealkylation sites (N-methyl/N-ethyl adjacent to an activating group) is 1. The molecule has 66 valence electrons. The second-order valence-electron chi connectivity index (χ2n) is 3.58. The van der Waals surface area contributed by atoms with Gasteiger partial charge in [0.1, 0.15) is 5.82 Å². The van der Waals surface area contributed by atoms with Crippen molar-refractivity contribution in [3.63, 3.8) is 0 Å². The second-order valence-corrected chi connectivity index (χ2v) is 3.58. The monoisotopic (exact) mass is 165 g/mol. The van der Waals surface area contributed by atoms with Gasteiger partial charge in [-0.2, -0.15) is 0 Å². The second kappa shape index (κ2) is 2.59. The van der Waals surface area contributed by atoms with Gasteiger partial charge in [0.15, 0.2) is 0 Å². The van der Waals surface area contributed by atoms with Crippen LogP contribution in [0.3, 0.4) is 0 Å². The summed E-state index contributed by atoms with van der Waals surface area (Å²) in [5.41, 5.74) is 2.58. The molecule has 0 aromatic carbocycles. The van der Waals surface area contributed by atoms with Crippen molar-refractivity contribution in [2.75, 3.05) is 13.6 Å². The van der Waals surface area contributed by atoms with E-state index in [4.69, 9.17) is 0 Å². The summed E-state index contributed by atoms with van der Waals surface area (Å²) < 4.78 is 2.33. The SMILES string of the molecule is Cc1nc(C)n2c1CN(C)CC2. The smallest absolute Gasteiger partial charge is 0.106 e. The summed E-state index contributed by atoms with van der Waals surface area (Å²) in [7, 11) is 2.16. The van der Waals surface area contributed by atoms with Gasteiger partial charge >= 0.3 is 0 Å². The Hall–Kier alpha value is -0.830. The van der Waals surface area contributed by atoms with Gasteiger partial charge in [-0.3, -0.25) is 4.90 Å². The highest BCUT2D eigenvalue weighted by molar-refractivity contribution is 5.16. The first-order chi connectivity index (χ1) is 5.68. The summed E-state index contributed by atoms with van der Waals surface area (Å²) in [4.78, 5) is 6.80. The van der Waals surface area contributed by atoms with E-state index in [0.29, 0.717) is 0 Å².